The number of ketones is 1. The summed E-state index contributed by atoms with van der Waals surface area (Å²) in [7, 11) is 0. The van der Waals surface area contributed by atoms with Crippen molar-refractivity contribution in [3.63, 3.8) is 0 Å². The number of hydrogen-bond donors (Lipinski definition) is 1. The van der Waals surface area contributed by atoms with Gasteiger partial charge in [0.25, 0.3) is 0 Å². The van der Waals surface area contributed by atoms with Crippen LogP contribution in [0.25, 0.3) is 5.69 Å². The van der Waals surface area contributed by atoms with E-state index in [1.54, 1.807) is 19.1 Å². The topological polar surface area (TPSA) is 73.8 Å². The molecule has 0 radical (unpaired) electrons. The molecule has 0 atom stereocenters. The molecule has 1 heterocycles. The van der Waals surface area contributed by atoms with Crippen molar-refractivity contribution in [2.45, 2.75) is 25.6 Å². The van der Waals surface area contributed by atoms with Gasteiger partial charge in [0.1, 0.15) is 5.82 Å². The van der Waals surface area contributed by atoms with Crippen molar-refractivity contribution < 1.29 is 4.79 Å². The van der Waals surface area contributed by atoms with Crippen LogP contribution in [-0.4, -0.2) is 27.1 Å². The standard InChI is InChI=1S/C14H17ClN4O/c1-10(20)11-4-6-12(7-5-11)19-13(3-2-8-16)17-18-14(19)9-15/h4-7H,2-3,8-9,16H2,1H3. The third-order valence-electron chi connectivity index (χ3n) is 3.05. The third kappa shape index (κ3) is 3.05. The van der Waals surface area contributed by atoms with Crippen LogP contribution in [0.1, 0.15) is 35.4 Å². The van der Waals surface area contributed by atoms with Gasteiger partial charge in [0.15, 0.2) is 11.6 Å². The Morgan fingerprint density at radius 1 is 1.25 bits per heavy atom. The van der Waals surface area contributed by atoms with E-state index in [2.05, 4.69) is 10.2 Å². The summed E-state index contributed by atoms with van der Waals surface area (Å²) in [4.78, 5) is 11.3. The molecule has 0 saturated carbocycles. The highest BCUT2D eigenvalue weighted by atomic mass is 35.5. The first-order valence-corrected chi connectivity index (χ1v) is 7.01. The van der Waals surface area contributed by atoms with Gasteiger partial charge in [-0.05, 0) is 44.2 Å². The van der Waals surface area contributed by atoms with Crippen molar-refractivity contribution in [3.05, 3.63) is 41.5 Å². The summed E-state index contributed by atoms with van der Waals surface area (Å²) in [6.07, 6.45) is 1.58. The van der Waals surface area contributed by atoms with Crippen LogP contribution in [0, 0.1) is 0 Å². The Hall–Kier alpha value is -1.72. The number of nitrogens with zero attached hydrogens (tertiary/aromatic N) is 3. The zero-order chi connectivity index (χ0) is 14.5. The maximum atomic E-state index is 11.3. The van der Waals surface area contributed by atoms with Crippen molar-refractivity contribution in [2.24, 2.45) is 5.73 Å². The van der Waals surface area contributed by atoms with E-state index in [-0.39, 0.29) is 11.7 Å². The van der Waals surface area contributed by atoms with Gasteiger partial charge in [-0.3, -0.25) is 9.36 Å². The van der Waals surface area contributed by atoms with E-state index in [1.807, 2.05) is 16.7 Å². The Bertz CT molecular complexity index is 592. The summed E-state index contributed by atoms with van der Waals surface area (Å²) < 4.78 is 1.92. The zero-order valence-electron chi connectivity index (χ0n) is 11.3. The fraction of sp³-hybridized carbons (Fsp3) is 0.357. The molecule has 2 rings (SSSR count). The van der Waals surface area contributed by atoms with Gasteiger partial charge in [-0.15, -0.1) is 21.8 Å². The molecule has 0 fully saturated rings. The van der Waals surface area contributed by atoms with Gasteiger partial charge in [-0.25, -0.2) is 0 Å². The zero-order valence-corrected chi connectivity index (χ0v) is 12.1. The van der Waals surface area contributed by atoms with Gasteiger partial charge >= 0.3 is 0 Å². The van der Waals surface area contributed by atoms with Gasteiger partial charge in [-0.2, -0.15) is 0 Å². The molecule has 1 aromatic heterocycles. The number of alkyl halides is 1. The first-order valence-electron chi connectivity index (χ1n) is 6.48. The number of aromatic nitrogens is 3. The quantitative estimate of drug-likeness (QED) is 0.653. The van der Waals surface area contributed by atoms with E-state index in [0.29, 0.717) is 17.9 Å². The number of benzene rings is 1. The van der Waals surface area contributed by atoms with Crippen molar-refractivity contribution in [2.75, 3.05) is 6.54 Å². The predicted octanol–water partition coefficient (Wildman–Crippen LogP) is 2.10. The molecule has 0 aliphatic heterocycles. The lowest BCUT2D eigenvalue weighted by Gasteiger charge is -2.09. The van der Waals surface area contributed by atoms with Crippen LogP contribution in [0.5, 0.6) is 0 Å². The molecule has 0 amide bonds. The fourth-order valence-corrected chi connectivity index (χ4v) is 2.18. The normalized spacial score (nSPS) is 10.8. The van der Waals surface area contributed by atoms with Crippen LogP contribution >= 0.6 is 11.6 Å². The van der Waals surface area contributed by atoms with Crippen LogP contribution in [0.2, 0.25) is 0 Å². The van der Waals surface area contributed by atoms with Crippen molar-refractivity contribution in [3.8, 4) is 5.69 Å². The molecule has 0 bridgehead atoms. The van der Waals surface area contributed by atoms with Crippen LogP contribution in [0.15, 0.2) is 24.3 Å². The summed E-state index contributed by atoms with van der Waals surface area (Å²) in [5.41, 5.74) is 7.12. The van der Waals surface area contributed by atoms with Gasteiger partial charge < -0.3 is 5.73 Å². The Morgan fingerprint density at radius 3 is 2.45 bits per heavy atom. The molecule has 5 nitrogen and oxygen atoms in total. The van der Waals surface area contributed by atoms with Crippen LogP contribution in [-0.2, 0) is 12.3 Å². The minimum atomic E-state index is 0.0428. The second-order valence-electron chi connectivity index (χ2n) is 4.50. The Balaban J connectivity index is 2.39. The van der Waals surface area contributed by atoms with Gasteiger partial charge in [-0.1, -0.05) is 0 Å². The van der Waals surface area contributed by atoms with E-state index >= 15 is 0 Å². The first kappa shape index (κ1) is 14.7. The second-order valence-corrected chi connectivity index (χ2v) is 4.76. The number of Topliss-reactive ketones (excluding diaryl/α,β-unsaturated/α-hetero) is 1. The van der Waals surface area contributed by atoms with Crippen LogP contribution < -0.4 is 5.73 Å². The van der Waals surface area contributed by atoms with E-state index in [0.717, 1.165) is 24.4 Å². The van der Waals surface area contributed by atoms with Crippen LogP contribution in [0.3, 0.4) is 0 Å². The fourth-order valence-electron chi connectivity index (χ4n) is 2.01. The highest BCUT2D eigenvalue weighted by Gasteiger charge is 2.13. The number of halogens is 1. The number of carbonyl (C=O) groups is 1. The average Bonchev–Trinajstić information content (AvgIpc) is 2.88. The average molecular weight is 293 g/mol. The Morgan fingerprint density at radius 2 is 1.90 bits per heavy atom. The van der Waals surface area contributed by atoms with Gasteiger partial charge in [0.05, 0.1) is 5.88 Å². The van der Waals surface area contributed by atoms with Crippen molar-refractivity contribution in [1.82, 2.24) is 14.8 Å². The molecule has 0 saturated heterocycles. The molecular weight excluding hydrogens is 276 g/mol. The minimum absolute atomic E-state index is 0.0428. The molecule has 2 aromatic rings. The summed E-state index contributed by atoms with van der Waals surface area (Å²) in [5.74, 6) is 1.85. The van der Waals surface area contributed by atoms with Gasteiger partial charge in [0, 0.05) is 17.7 Å². The number of aryl methyl sites for hydroxylation is 1. The highest BCUT2D eigenvalue weighted by molar-refractivity contribution is 6.16. The smallest absolute Gasteiger partial charge is 0.159 e. The van der Waals surface area contributed by atoms with Crippen LogP contribution in [0.4, 0.5) is 0 Å². The number of hydrogen-bond acceptors (Lipinski definition) is 4. The monoisotopic (exact) mass is 292 g/mol. The lowest BCUT2D eigenvalue weighted by molar-refractivity contribution is 0.101. The maximum absolute atomic E-state index is 11.3. The summed E-state index contributed by atoms with van der Waals surface area (Å²) >= 11 is 5.91. The molecule has 0 unspecified atom stereocenters. The first-order chi connectivity index (χ1) is 9.67. The molecule has 1 aromatic carbocycles. The molecule has 106 valence electrons. The molecule has 20 heavy (non-hydrogen) atoms. The lowest BCUT2D eigenvalue weighted by Crippen LogP contribution is -2.08. The van der Waals surface area contributed by atoms with Crippen molar-refractivity contribution >= 4 is 17.4 Å². The van der Waals surface area contributed by atoms with E-state index in [1.165, 1.54) is 0 Å². The Kier molecular flexibility index (Phi) is 4.87. The molecule has 0 spiro atoms. The number of rotatable bonds is 6. The largest absolute Gasteiger partial charge is 0.330 e. The van der Waals surface area contributed by atoms with Crippen molar-refractivity contribution in [1.29, 1.82) is 0 Å². The summed E-state index contributed by atoms with van der Waals surface area (Å²) in [6, 6.07) is 7.34. The second kappa shape index (κ2) is 6.63. The summed E-state index contributed by atoms with van der Waals surface area (Å²) in [6.45, 7) is 2.15. The third-order valence-corrected chi connectivity index (χ3v) is 3.29. The predicted molar refractivity (Wildman–Crippen MR) is 78.3 cm³/mol. The van der Waals surface area contributed by atoms with E-state index < -0.39 is 0 Å². The lowest BCUT2D eigenvalue weighted by atomic mass is 10.1. The van der Waals surface area contributed by atoms with E-state index in [4.69, 9.17) is 17.3 Å². The minimum Gasteiger partial charge on any atom is -0.330 e. The number of nitrogens with two attached hydrogens (primary N) is 1. The number of carbonyl (C=O) groups excluding carboxylic acids is 1. The molecular formula is C14H17ClN4O. The van der Waals surface area contributed by atoms with E-state index in [9.17, 15) is 4.79 Å². The van der Waals surface area contributed by atoms with Gasteiger partial charge in [0.2, 0.25) is 0 Å². The molecule has 0 aliphatic rings. The Labute approximate surface area is 122 Å². The summed E-state index contributed by atoms with van der Waals surface area (Å²) in [5, 5.41) is 8.26. The SMILES string of the molecule is CC(=O)c1ccc(-n2c(CCl)nnc2CCCN)cc1. The maximum Gasteiger partial charge on any atom is 0.159 e. The molecule has 6 heteroatoms. The molecule has 2 N–H and O–H groups in total. The highest BCUT2D eigenvalue weighted by Crippen LogP contribution is 2.17. The molecule has 0 aliphatic carbocycles.